The number of nitrogens with one attached hydrogen (secondary N) is 3. The summed E-state index contributed by atoms with van der Waals surface area (Å²) >= 11 is 11.5. The van der Waals surface area contributed by atoms with E-state index >= 15 is 0 Å². The second kappa shape index (κ2) is 10.2. The lowest BCUT2D eigenvalue weighted by atomic mass is 10.1. The van der Waals surface area contributed by atoms with Crippen molar-refractivity contribution in [3.63, 3.8) is 0 Å². The SMILES string of the molecule is O=C(Nc1cccc(C(=O)Nc2ccc(Cl)cn2)c1)NC(CO)c1ccc(F)c(Cl)c1. The van der Waals surface area contributed by atoms with Gasteiger partial charge in [-0.25, -0.2) is 14.2 Å². The lowest BCUT2D eigenvalue weighted by Crippen LogP contribution is -2.34. The number of nitrogens with zero attached hydrogens (tertiary/aromatic N) is 1. The van der Waals surface area contributed by atoms with Crippen molar-refractivity contribution < 1.29 is 19.1 Å². The van der Waals surface area contributed by atoms with E-state index in [1.165, 1.54) is 24.4 Å². The molecule has 0 fully saturated rings. The number of hydrogen-bond acceptors (Lipinski definition) is 4. The van der Waals surface area contributed by atoms with Gasteiger partial charge in [0.05, 0.1) is 22.7 Å². The Morgan fingerprint density at radius 2 is 1.87 bits per heavy atom. The zero-order valence-electron chi connectivity index (χ0n) is 15.9. The van der Waals surface area contributed by atoms with E-state index in [1.807, 2.05) is 0 Å². The number of anilines is 2. The molecule has 0 aliphatic heterocycles. The van der Waals surface area contributed by atoms with Crippen molar-refractivity contribution in [2.45, 2.75) is 6.04 Å². The second-order valence-electron chi connectivity index (χ2n) is 6.40. The Bertz CT molecular complexity index is 1100. The molecule has 4 N–H and O–H groups in total. The molecule has 160 valence electrons. The van der Waals surface area contributed by atoms with Crippen LogP contribution in [0.5, 0.6) is 0 Å². The van der Waals surface area contributed by atoms with Crippen LogP contribution in [0.2, 0.25) is 10.0 Å². The van der Waals surface area contributed by atoms with Crippen LogP contribution < -0.4 is 16.0 Å². The number of pyridine rings is 1. The van der Waals surface area contributed by atoms with Crippen LogP contribution in [0.15, 0.2) is 60.8 Å². The van der Waals surface area contributed by atoms with Gasteiger partial charge in [-0.2, -0.15) is 0 Å². The molecule has 0 spiro atoms. The number of hydrogen-bond donors (Lipinski definition) is 4. The van der Waals surface area contributed by atoms with Crippen molar-refractivity contribution in [3.05, 3.63) is 87.8 Å². The van der Waals surface area contributed by atoms with Crippen molar-refractivity contribution in [1.82, 2.24) is 10.3 Å². The first kappa shape index (κ1) is 22.5. The van der Waals surface area contributed by atoms with Crippen molar-refractivity contribution >= 4 is 46.6 Å². The summed E-state index contributed by atoms with van der Waals surface area (Å²) in [5, 5.41) is 17.7. The Labute approximate surface area is 187 Å². The third-order valence-corrected chi connectivity index (χ3v) is 4.70. The molecule has 31 heavy (non-hydrogen) atoms. The molecule has 2 aromatic carbocycles. The Kier molecular flexibility index (Phi) is 7.41. The molecule has 0 saturated heterocycles. The van der Waals surface area contributed by atoms with Crippen LogP contribution in [0, 0.1) is 5.82 Å². The number of carbonyl (C=O) groups excluding carboxylic acids is 2. The van der Waals surface area contributed by atoms with Gasteiger partial charge in [-0.3, -0.25) is 4.79 Å². The minimum atomic E-state index is -0.805. The first-order valence-corrected chi connectivity index (χ1v) is 9.77. The minimum absolute atomic E-state index is 0.118. The van der Waals surface area contributed by atoms with Crippen molar-refractivity contribution in [1.29, 1.82) is 0 Å². The third kappa shape index (κ3) is 6.14. The molecule has 3 aromatic rings. The monoisotopic (exact) mass is 462 g/mol. The average Bonchev–Trinajstić information content (AvgIpc) is 2.76. The van der Waals surface area contributed by atoms with Gasteiger partial charge in [0.15, 0.2) is 0 Å². The molecule has 0 bridgehead atoms. The predicted molar refractivity (Wildman–Crippen MR) is 117 cm³/mol. The second-order valence-corrected chi connectivity index (χ2v) is 7.25. The summed E-state index contributed by atoms with van der Waals surface area (Å²) in [6.07, 6.45) is 1.41. The van der Waals surface area contributed by atoms with Gasteiger partial charge in [0.25, 0.3) is 5.91 Å². The number of urea groups is 1. The van der Waals surface area contributed by atoms with Gasteiger partial charge in [0.1, 0.15) is 11.6 Å². The van der Waals surface area contributed by atoms with Crippen LogP contribution in [0.25, 0.3) is 0 Å². The number of aliphatic hydroxyl groups excluding tert-OH is 1. The number of carbonyl (C=O) groups is 2. The molecule has 0 aliphatic carbocycles. The number of halogens is 3. The number of amides is 3. The van der Waals surface area contributed by atoms with E-state index in [1.54, 1.807) is 30.3 Å². The number of rotatable bonds is 6. The quantitative estimate of drug-likeness (QED) is 0.428. The van der Waals surface area contributed by atoms with Gasteiger partial charge >= 0.3 is 6.03 Å². The highest BCUT2D eigenvalue weighted by Crippen LogP contribution is 2.21. The maximum absolute atomic E-state index is 13.3. The Morgan fingerprint density at radius 1 is 1.06 bits per heavy atom. The number of aliphatic hydroxyl groups is 1. The smallest absolute Gasteiger partial charge is 0.319 e. The van der Waals surface area contributed by atoms with Gasteiger partial charge in [0.2, 0.25) is 0 Å². The van der Waals surface area contributed by atoms with E-state index in [2.05, 4.69) is 20.9 Å². The molecule has 3 amide bonds. The predicted octanol–water partition coefficient (Wildman–Crippen LogP) is 4.63. The van der Waals surface area contributed by atoms with E-state index in [0.29, 0.717) is 27.7 Å². The van der Waals surface area contributed by atoms with Gasteiger partial charge in [0, 0.05) is 17.4 Å². The highest BCUT2D eigenvalue weighted by atomic mass is 35.5. The summed E-state index contributed by atoms with van der Waals surface area (Å²) in [6.45, 7) is -0.425. The zero-order chi connectivity index (χ0) is 22.4. The van der Waals surface area contributed by atoms with Gasteiger partial charge in [-0.15, -0.1) is 0 Å². The van der Waals surface area contributed by atoms with Crippen molar-refractivity contribution in [2.24, 2.45) is 0 Å². The molecule has 7 nitrogen and oxygen atoms in total. The van der Waals surface area contributed by atoms with Crippen molar-refractivity contribution in [2.75, 3.05) is 17.2 Å². The topological polar surface area (TPSA) is 103 Å². The summed E-state index contributed by atoms with van der Waals surface area (Å²) in [6, 6.07) is 11.9. The van der Waals surface area contributed by atoms with Crippen molar-refractivity contribution in [3.8, 4) is 0 Å². The molecule has 1 atom stereocenters. The van der Waals surface area contributed by atoms with Crippen LogP contribution in [0.3, 0.4) is 0 Å². The first-order valence-electron chi connectivity index (χ1n) is 9.02. The lowest BCUT2D eigenvalue weighted by Gasteiger charge is -2.18. The van der Waals surface area contributed by atoms with Gasteiger partial charge < -0.3 is 21.1 Å². The highest BCUT2D eigenvalue weighted by Gasteiger charge is 2.16. The molecule has 1 heterocycles. The van der Waals surface area contributed by atoms with Crippen LogP contribution in [-0.2, 0) is 0 Å². The van der Waals surface area contributed by atoms with Crippen LogP contribution in [-0.4, -0.2) is 28.6 Å². The standard InChI is InChI=1S/C21H17Cl2FN4O3/c22-14-5-7-19(25-10-14)28-20(30)13-2-1-3-15(8-13)26-21(31)27-18(11-29)12-4-6-17(24)16(23)9-12/h1-10,18,29H,11H2,(H,25,28,30)(H2,26,27,31). The minimum Gasteiger partial charge on any atom is -0.394 e. The van der Waals surface area contributed by atoms with Crippen LogP contribution in [0.1, 0.15) is 22.0 Å². The summed E-state index contributed by atoms with van der Waals surface area (Å²) in [4.78, 5) is 28.8. The fourth-order valence-electron chi connectivity index (χ4n) is 2.67. The zero-order valence-corrected chi connectivity index (χ0v) is 17.4. The summed E-state index contributed by atoms with van der Waals surface area (Å²) in [5.41, 5.74) is 1.08. The summed E-state index contributed by atoms with van der Waals surface area (Å²) in [5.74, 6) is -0.697. The maximum Gasteiger partial charge on any atom is 0.319 e. The van der Waals surface area contributed by atoms with Gasteiger partial charge in [-0.05, 0) is 48.0 Å². The fourth-order valence-corrected chi connectivity index (χ4v) is 2.97. The van der Waals surface area contributed by atoms with E-state index < -0.39 is 30.4 Å². The lowest BCUT2D eigenvalue weighted by molar-refractivity contribution is 0.102. The molecule has 0 aliphatic rings. The molecular formula is C21H17Cl2FN4O3. The Hall–Kier alpha value is -3.20. The van der Waals surface area contributed by atoms with Gasteiger partial charge in [-0.1, -0.05) is 35.3 Å². The average molecular weight is 463 g/mol. The normalized spacial score (nSPS) is 11.5. The molecular weight excluding hydrogens is 446 g/mol. The molecule has 3 rings (SSSR count). The summed E-state index contributed by atoms with van der Waals surface area (Å²) in [7, 11) is 0. The Balaban J connectivity index is 1.65. The first-order chi connectivity index (χ1) is 14.9. The molecule has 0 radical (unpaired) electrons. The fraction of sp³-hybridized carbons (Fsp3) is 0.0952. The molecule has 10 heteroatoms. The van der Waals surface area contributed by atoms with Crippen LogP contribution in [0.4, 0.5) is 20.7 Å². The summed E-state index contributed by atoms with van der Waals surface area (Å²) < 4.78 is 13.3. The largest absolute Gasteiger partial charge is 0.394 e. The highest BCUT2D eigenvalue weighted by molar-refractivity contribution is 6.31. The third-order valence-electron chi connectivity index (χ3n) is 4.19. The maximum atomic E-state index is 13.3. The molecule has 1 aromatic heterocycles. The molecule has 1 unspecified atom stereocenters. The van der Waals surface area contributed by atoms with E-state index in [4.69, 9.17) is 23.2 Å². The van der Waals surface area contributed by atoms with Crippen LogP contribution >= 0.6 is 23.2 Å². The van der Waals surface area contributed by atoms with E-state index in [9.17, 15) is 19.1 Å². The number of benzene rings is 2. The molecule has 0 saturated carbocycles. The Morgan fingerprint density at radius 3 is 2.55 bits per heavy atom. The van der Waals surface area contributed by atoms with E-state index in [-0.39, 0.29) is 5.02 Å². The number of aromatic nitrogens is 1. The van der Waals surface area contributed by atoms with E-state index in [0.717, 1.165) is 6.07 Å².